The lowest BCUT2D eigenvalue weighted by molar-refractivity contribution is -0.137. The first-order valence-electron chi connectivity index (χ1n) is 6.34. The second-order valence-corrected chi connectivity index (χ2v) is 5.93. The highest BCUT2D eigenvalue weighted by Crippen LogP contribution is 2.30. The quantitative estimate of drug-likeness (QED) is 0.379. The van der Waals surface area contributed by atoms with Gasteiger partial charge in [0, 0.05) is 6.42 Å². The van der Waals surface area contributed by atoms with Crippen LogP contribution in [0.5, 0.6) is 0 Å². The molecule has 0 heterocycles. The second kappa shape index (κ2) is 6.36. The normalized spacial score (nSPS) is 11.5. The number of rotatable bonds is 3. The van der Waals surface area contributed by atoms with Gasteiger partial charge in [-0.3, -0.25) is 4.79 Å². The molecule has 1 nitrogen and oxygen atoms in total. The fourth-order valence-corrected chi connectivity index (χ4v) is 2.47. The SMILES string of the molecule is Cc1ccc(C(=O)Cc2cccc(C(F)(F)F)c2)c(F)c1I. The summed E-state index contributed by atoms with van der Waals surface area (Å²) in [5.74, 6) is -1.17. The summed E-state index contributed by atoms with van der Waals surface area (Å²) < 4.78 is 52.3. The maximum Gasteiger partial charge on any atom is 0.416 e. The van der Waals surface area contributed by atoms with Crippen LogP contribution in [0.2, 0.25) is 0 Å². The van der Waals surface area contributed by atoms with Crippen LogP contribution in [0.25, 0.3) is 0 Å². The van der Waals surface area contributed by atoms with Gasteiger partial charge in [0.25, 0.3) is 0 Å². The number of Topliss-reactive ketones (excluding diaryl/α,β-unsaturated/α-hetero) is 1. The molecule has 0 saturated heterocycles. The van der Waals surface area contributed by atoms with Crippen molar-refractivity contribution in [3.05, 3.63) is 68.0 Å². The minimum atomic E-state index is -4.47. The molecule has 2 aromatic carbocycles. The summed E-state index contributed by atoms with van der Waals surface area (Å²) in [4.78, 5) is 12.1. The van der Waals surface area contributed by atoms with E-state index in [1.165, 1.54) is 18.2 Å². The zero-order valence-corrected chi connectivity index (χ0v) is 13.6. The summed E-state index contributed by atoms with van der Waals surface area (Å²) in [6, 6.07) is 7.48. The van der Waals surface area contributed by atoms with E-state index in [1.807, 2.05) is 0 Å². The number of hydrogen-bond acceptors (Lipinski definition) is 1. The molecule has 0 aliphatic carbocycles. The number of carbonyl (C=O) groups excluding carboxylic acids is 1. The van der Waals surface area contributed by atoms with E-state index in [0.717, 1.165) is 12.1 Å². The van der Waals surface area contributed by atoms with Crippen LogP contribution in [0.1, 0.15) is 27.0 Å². The van der Waals surface area contributed by atoms with Crippen LogP contribution in [0.15, 0.2) is 36.4 Å². The summed E-state index contributed by atoms with van der Waals surface area (Å²) in [6.45, 7) is 1.71. The minimum absolute atomic E-state index is 0.104. The van der Waals surface area contributed by atoms with Gasteiger partial charge in [-0.05, 0) is 52.8 Å². The average molecular weight is 422 g/mol. The lowest BCUT2D eigenvalue weighted by Gasteiger charge is -2.09. The van der Waals surface area contributed by atoms with Gasteiger partial charge in [-0.15, -0.1) is 0 Å². The molecule has 0 aliphatic rings. The molecule has 0 radical (unpaired) electrons. The summed E-state index contributed by atoms with van der Waals surface area (Å²) in [6.07, 6.45) is -4.75. The summed E-state index contributed by atoms with van der Waals surface area (Å²) >= 11 is 1.80. The number of ketones is 1. The Labute approximate surface area is 138 Å². The molecule has 2 aromatic rings. The van der Waals surface area contributed by atoms with Crippen LogP contribution in [-0.2, 0) is 12.6 Å². The molecule has 0 atom stereocenters. The van der Waals surface area contributed by atoms with Crippen molar-refractivity contribution < 1.29 is 22.4 Å². The molecular formula is C16H11F4IO. The predicted molar refractivity (Wildman–Crippen MR) is 83.3 cm³/mol. The van der Waals surface area contributed by atoms with Crippen molar-refractivity contribution in [2.75, 3.05) is 0 Å². The fraction of sp³-hybridized carbons (Fsp3) is 0.188. The molecule has 0 N–H and O–H groups in total. The zero-order valence-electron chi connectivity index (χ0n) is 11.5. The van der Waals surface area contributed by atoms with Crippen molar-refractivity contribution in [3.8, 4) is 0 Å². The monoisotopic (exact) mass is 422 g/mol. The van der Waals surface area contributed by atoms with Crippen molar-refractivity contribution in [1.82, 2.24) is 0 Å². The van der Waals surface area contributed by atoms with Crippen LogP contribution < -0.4 is 0 Å². The van der Waals surface area contributed by atoms with E-state index in [9.17, 15) is 22.4 Å². The Balaban J connectivity index is 2.28. The van der Waals surface area contributed by atoms with Crippen LogP contribution in [0.3, 0.4) is 0 Å². The molecule has 0 saturated carbocycles. The number of alkyl halides is 3. The van der Waals surface area contributed by atoms with Crippen molar-refractivity contribution in [1.29, 1.82) is 0 Å². The van der Waals surface area contributed by atoms with Gasteiger partial charge in [0.05, 0.1) is 14.7 Å². The van der Waals surface area contributed by atoms with E-state index >= 15 is 0 Å². The van der Waals surface area contributed by atoms with E-state index in [1.54, 1.807) is 35.6 Å². The molecular weight excluding hydrogens is 411 g/mol. The summed E-state index contributed by atoms with van der Waals surface area (Å²) in [5.41, 5.74) is -0.0207. The van der Waals surface area contributed by atoms with Gasteiger partial charge in [-0.25, -0.2) is 4.39 Å². The number of hydrogen-bond donors (Lipinski definition) is 0. The molecule has 0 amide bonds. The smallest absolute Gasteiger partial charge is 0.294 e. The van der Waals surface area contributed by atoms with E-state index in [2.05, 4.69) is 0 Å². The topological polar surface area (TPSA) is 17.1 Å². The molecule has 22 heavy (non-hydrogen) atoms. The first-order valence-corrected chi connectivity index (χ1v) is 7.42. The second-order valence-electron chi connectivity index (χ2n) is 4.86. The third kappa shape index (κ3) is 3.66. The Morgan fingerprint density at radius 3 is 2.50 bits per heavy atom. The van der Waals surface area contributed by atoms with Crippen LogP contribution in [0, 0.1) is 16.3 Å². The Morgan fingerprint density at radius 1 is 1.18 bits per heavy atom. The van der Waals surface area contributed by atoms with Gasteiger partial charge >= 0.3 is 6.18 Å². The predicted octanol–water partition coefficient (Wildman–Crippen LogP) is 5.18. The van der Waals surface area contributed by atoms with Gasteiger partial charge in [0.2, 0.25) is 0 Å². The molecule has 116 valence electrons. The van der Waals surface area contributed by atoms with Crippen molar-refractivity contribution >= 4 is 28.4 Å². The maximum absolute atomic E-state index is 14.1. The molecule has 0 aromatic heterocycles. The van der Waals surface area contributed by atoms with Gasteiger partial charge in [0.1, 0.15) is 5.82 Å². The molecule has 0 spiro atoms. The molecule has 0 bridgehead atoms. The van der Waals surface area contributed by atoms with Gasteiger partial charge < -0.3 is 0 Å². The largest absolute Gasteiger partial charge is 0.416 e. The van der Waals surface area contributed by atoms with Crippen LogP contribution in [0.4, 0.5) is 17.6 Å². The zero-order chi connectivity index (χ0) is 16.5. The highest BCUT2D eigenvalue weighted by molar-refractivity contribution is 14.1. The highest BCUT2D eigenvalue weighted by Gasteiger charge is 2.30. The fourth-order valence-electron chi connectivity index (χ4n) is 2.00. The lowest BCUT2D eigenvalue weighted by atomic mass is 10.00. The first kappa shape index (κ1) is 16.9. The third-order valence-corrected chi connectivity index (χ3v) is 4.52. The molecule has 0 fully saturated rings. The van der Waals surface area contributed by atoms with E-state index < -0.39 is 23.3 Å². The summed E-state index contributed by atoms with van der Waals surface area (Å²) in [7, 11) is 0. The van der Waals surface area contributed by atoms with E-state index in [-0.39, 0.29) is 17.5 Å². The molecule has 2 rings (SSSR count). The Hall–Kier alpha value is -1.44. The maximum atomic E-state index is 14.1. The highest BCUT2D eigenvalue weighted by atomic mass is 127. The van der Waals surface area contributed by atoms with Gasteiger partial charge in [-0.2, -0.15) is 13.2 Å². The summed E-state index contributed by atoms with van der Waals surface area (Å²) in [5, 5.41) is 0. The van der Waals surface area contributed by atoms with Gasteiger partial charge in [0.15, 0.2) is 5.78 Å². The Bertz CT molecular complexity index is 723. The van der Waals surface area contributed by atoms with Crippen LogP contribution >= 0.6 is 22.6 Å². The third-order valence-electron chi connectivity index (χ3n) is 3.19. The Morgan fingerprint density at radius 2 is 1.86 bits per heavy atom. The van der Waals surface area contributed by atoms with Crippen molar-refractivity contribution in [2.24, 2.45) is 0 Å². The van der Waals surface area contributed by atoms with Crippen LogP contribution in [-0.4, -0.2) is 5.78 Å². The number of aryl methyl sites for hydroxylation is 1. The first-order chi connectivity index (χ1) is 10.2. The number of carbonyl (C=O) groups is 1. The van der Waals surface area contributed by atoms with Crippen molar-refractivity contribution in [3.63, 3.8) is 0 Å². The minimum Gasteiger partial charge on any atom is -0.294 e. The van der Waals surface area contributed by atoms with Crippen molar-refractivity contribution in [2.45, 2.75) is 19.5 Å². The Kier molecular flexibility index (Phi) is 4.89. The molecule has 6 heteroatoms. The number of halogens is 5. The van der Waals surface area contributed by atoms with Gasteiger partial charge in [-0.1, -0.05) is 24.3 Å². The standard InChI is InChI=1S/C16H11F4IO/c1-9-5-6-12(14(17)15(9)21)13(22)8-10-3-2-4-11(7-10)16(18,19)20/h2-7H,8H2,1H3. The van der Waals surface area contributed by atoms with E-state index in [4.69, 9.17) is 0 Å². The average Bonchev–Trinajstić information content (AvgIpc) is 2.44. The van der Waals surface area contributed by atoms with E-state index in [0.29, 0.717) is 9.13 Å². The molecule has 0 aliphatic heterocycles. The lowest BCUT2D eigenvalue weighted by Crippen LogP contribution is -2.10. The number of benzene rings is 2. The molecule has 0 unspecified atom stereocenters.